The predicted octanol–water partition coefficient (Wildman–Crippen LogP) is 5.89. The Hall–Kier alpha value is -1.06. The van der Waals surface area contributed by atoms with Crippen molar-refractivity contribution in [2.75, 3.05) is 6.61 Å². The number of carbonyl (C=O) groups excluding carboxylic acids is 1. The van der Waals surface area contributed by atoms with Crippen LogP contribution in [-0.2, 0) is 9.53 Å². The summed E-state index contributed by atoms with van der Waals surface area (Å²) in [7, 11) is 0. The Balaban J connectivity index is 2.53. The lowest BCUT2D eigenvalue weighted by atomic mass is 9.85. The number of ether oxygens (including phenoxy) is 1. The topological polar surface area (TPSA) is 50.7 Å². The molecule has 1 rings (SSSR count). The predicted molar refractivity (Wildman–Crippen MR) is 115 cm³/mol. The second kappa shape index (κ2) is 9.93. The van der Waals surface area contributed by atoms with Crippen LogP contribution >= 0.6 is 0 Å². The van der Waals surface area contributed by atoms with Crippen molar-refractivity contribution in [3.05, 3.63) is 0 Å². The fourth-order valence-electron chi connectivity index (χ4n) is 3.45. The van der Waals surface area contributed by atoms with Crippen LogP contribution in [0.3, 0.4) is 0 Å². The van der Waals surface area contributed by atoms with Crippen molar-refractivity contribution in [2.45, 2.75) is 118 Å². The van der Waals surface area contributed by atoms with E-state index >= 15 is 0 Å². The summed E-state index contributed by atoms with van der Waals surface area (Å²) in [5, 5.41) is 3.66. The molecule has 0 radical (unpaired) electrons. The average molecular weight is 381 g/mol. The first kappa shape index (κ1) is 24.0. The van der Waals surface area contributed by atoms with E-state index in [0.717, 1.165) is 18.7 Å². The molecular weight excluding hydrogens is 336 g/mol. The van der Waals surface area contributed by atoms with Gasteiger partial charge in [-0.3, -0.25) is 9.79 Å². The van der Waals surface area contributed by atoms with Crippen LogP contribution in [0.4, 0.5) is 0 Å². The second-order valence-corrected chi connectivity index (χ2v) is 10.4. The molecule has 158 valence electrons. The number of unbranched alkanes of at least 4 members (excludes halogenated alkanes) is 5. The molecule has 1 heterocycles. The molecule has 0 aliphatic carbocycles. The van der Waals surface area contributed by atoms with Crippen molar-refractivity contribution in [1.29, 1.82) is 0 Å². The van der Waals surface area contributed by atoms with Crippen LogP contribution in [0.15, 0.2) is 4.99 Å². The Labute approximate surface area is 167 Å². The zero-order valence-electron chi connectivity index (χ0n) is 19.2. The molecule has 1 unspecified atom stereocenters. The maximum atomic E-state index is 12.0. The zero-order valence-corrected chi connectivity index (χ0v) is 19.2. The van der Waals surface area contributed by atoms with Crippen molar-refractivity contribution in [3.63, 3.8) is 0 Å². The molecule has 0 saturated carbocycles. The van der Waals surface area contributed by atoms with E-state index in [0.29, 0.717) is 6.61 Å². The SMILES string of the molecule is CCCCCCCCC(C)(C)C1=NC(CCOC(=O)C(C)(C)C)C(C)(C)N1. The van der Waals surface area contributed by atoms with E-state index in [4.69, 9.17) is 9.73 Å². The second-order valence-electron chi connectivity index (χ2n) is 10.4. The highest BCUT2D eigenvalue weighted by molar-refractivity contribution is 5.90. The van der Waals surface area contributed by atoms with Gasteiger partial charge in [-0.2, -0.15) is 0 Å². The highest BCUT2D eigenvalue weighted by Crippen LogP contribution is 2.32. The molecule has 1 N–H and O–H groups in total. The maximum Gasteiger partial charge on any atom is 0.311 e. The Morgan fingerprint density at radius 2 is 1.67 bits per heavy atom. The highest BCUT2D eigenvalue weighted by Gasteiger charge is 2.40. The van der Waals surface area contributed by atoms with Crippen LogP contribution in [0.1, 0.15) is 107 Å². The van der Waals surface area contributed by atoms with Gasteiger partial charge in [-0.1, -0.05) is 59.3 Å². The van der Waals surface area contributed by atoms with Gasteiger partial charge in [0, 0.05) is 11.8 Å². The van der Waals surface area contributed by atoms with Gasteiger partial charge in [-0.05, 0) is 41.0 Å². The van der Waals surface area contributed by atoms with Crippen molar-refractivity contribution in [1.82, 2.24) is 5.32 Å². The van der Waals surface area contributed by atoms with E-state index in [1.807, 2.05) is 20.8 Å². The largest absolute Gasteiger partial charge is 0.465 e. The van der Waals surface area contributed by atoms with Gasteiger partial charge < -0.3 is 10.1 Å². The van der Waals surface area contributed by atoms with E-state index in [9.17, 15) is 4.79 Å². The van der Waals surface area contributed by atoms with Crippen molar-refractivity contribution >= 4 is 11.8 Å². The van der Waals surface area contributed by atoms with Gasteiger partial charge in [0.05, 0.1) is 23.6 Å². The molecule has 27 heavy (non-hydrogen) atoms. The van der Waals surface area contributed by atoms with E-state index in [-0.39, 0.29) is 23.0 Å². The van der Waals surface area contributed by atoms with E-state index < -0.39 is 5.41 Å². The Morgan fingerprint density at radius 3 is 2.26 bits per heavy atom. The quantitative estimate of drug-likeness (QED) is 0.359. The molecule has 4 nitrogen and oxygen atoms in total. The fourth-order valence-corrected chi connectivity index (χ4v) is 3.45. The zero-order chi connectivity index (χ0) is 20.7. The summed E-state index contributed by atoms with van der Waals surface area (Å²) in [4.78, 5) is 17.0. The number of nitrogens with zero attached hydrogens (tertiary/aromatic N) is 1. The number of nitrogens with one attached hydrogen (secondary N) is 1. The summed E-state index contributed by atoms with van der Waals surface area (Å²) >= 11 is 0. The average Bonchev–Trinajstić information content (AvgIpc) is 2.85. The van der Waals surface area contributed by atoms with E-state index in [2.05, 4.69) is 39.9 Å². The monoisotopic (exact) mass is 380 g/mol. The lowest BCUT2D eigenvalue weighted by molar-refractivity contribution is -0.153. The van der Waals surface area contributed by atoms with Gasteiger partial charge in [0.2, 0.25) is 0 Å². The Bertz CT molecular complexity index is 501. The van der Waals surface area contributed by atoms with Gasteiger partial charge in [-0.15, -0.1) is 0 Å². The first-order chi connectivity index (χ1) is 12.4. The number of hydrogen-bond acceptors (Lipinski definition) is 4. The molecular formula is C23H44N2O2. The normalized spacial score (nSPS) is 19.6. The van der Waals surface area contributed by atoms with Gasteiger partial charge in [0.15, 0.2) is 0 Å². The number of rotatable bonds is 11. The molecule has 0 bridgehead atoms. The summed E-state index contributed by atoms with van der Waals surface area (Å²) in [6.45, 7) is 17.3. The van der Waals surface area contributed by atoms with Crippen LogP contribution in [0.25, 0.3) is 0 Å². The molecule has 0 aromatic carbocycles. The van der Waals surface area contributed by atoms with Gasteiger partial charge >= 0.3 is 5.97 Å². The smallest absolute Gasteiger partial charge is 0.311 e. The van der Waals surface area contributed by atoms with E-state index in [1.165, 1.54) is 38.5 Å². The third kappa shape index (κ3) is 7.83. The standard InChI is InChI=1S/C23H44N2O2/c1-9-10-11-12-13-14-16-22(5,6)19-24-18(23(7,8)25-19)15-17-27-20(26)21(2,3)4/h18H,9-17H2,1-8H3,(H,24,25). The number of hydrogen-bond donors (Lipinski definition) is 1. The molecule has 0 aromatic heterocycles. The molecule has 0 spiro atoms. The van der Waals surface area contributed by atoms with Crippen LogP contribution in [0.2, 0.25) is 0 Å². The maximum absolute atomic E-state index is 12.0. The number of esters is 1. The van der Waals surface area contributed by atoms with Crippen molar-refractivity contribution in [3.8, 4) is 0 Å². The Kier molecular flexibility index (Phi) is 8.82. The number of amidine groups is 1. The molecule has 1 atom stereocenters. The lowest BCUT2D eigenvalue weighted by Crippen LogP contribution is -2.48. The number of carbonyl (C=O) groups is 1. The first-order valence-electron chi connectivity index (χ1n) is 10.9. The molecule has 1 aliphatic heterocycles. The van der Waals surface area contributed by atoms with Gasteiger partial charge in [-0.25, -0.2) is 0 Å². The van der Waals surface area contributed by atoms with Crippen molar-refractivity contribution < 1.29 is 9.53 Å². The van der Waals surface area contributed by atoms with Gasteiger partial charge in [0.1, 0.15) is 5.84 Å². The summed E-state index contributed by atoms with van der Waals surface area (Å²) in [5.41, 5.74) is -0.474. The van der Waals surface area contributed by atoms with Crippen LogP contribution in [0, 0.1) is 10.8 Å². The summed E-state index contributed by atoms with van der Waals surface area (Å²) in [6, 6.07) is 0.143. The summed E-state index contributed by atoms with van der Waals surface area (Å²) in [5.74, 6) is 0.979. The lowest BCUT2D eigenvalue weighted by Gasteiger charge is -2.30. The summed E-state index contributed by atoms with van der Waals surface area (Å²) in [6.07, 6.45) is 9.85. The molecule has 1 aliphatic rings. The highest BCUT2D eigenvalue weighted by atomic mass is 16.5. The summed E-state index contributed by atoms with van der Waals surface area (Å²) < 4.78 is 5.46. The van der Waals surface area contributed by atoms with Crippen LogP contribution in [-0.4, -0.2) is 30.0 Å². The minimum atomic E-state index is -0.447. The van der Waals surface area contributed by atoms with Crippen molar-refractivity contribution in [2.24, 2.45) is 15.8 Å². The molecule has 0 amide bonds. The minimum Gasteiger partial charge on any atom is -0.465 e. The van der Waals surface area contributed by atoms with E-state index in [1.54, 1.807) is 0 Å². The van der Waals surface area contributed by atoms with Gasteiger partial charge in [0.25, 0.3) is 0 Å². The molecule has 0 aromatic rings. The third-order valence-corrected chi connectivity index (χ3v) is 5.59. The molecule has 4 heteroatoms. The molecule has 0 saturated heterocycles. The van der Waals surface area contributed by atoms with Crippen LogP contribution < -0.4 is 5.32 Å². The van der Waals surface area contributed by atoms with Crippen LogP contribution in [0.5, 0.6) is 0 Å². The number of aliphatic imine (C=N–C) groups is 1. The fraction of sp³-hybridized carbons (Fsp3) is 0.913. The Morgan fingerprint density at radius 1 is 1.07 bits per heavy atom. The minimum absolute atomic E-state index is 0.0683. The first-order valence-corrected chi connectivity index (χ1v) is 10.9. The third-order valence-electron chi connectivity index (χ3n) is 5.59. The molecule has 0 fully saturated rings.